The summed E-state index contributed by atoms with van der Waals surface area (Å²) < 4.78 is 11.3. The Bertz CT molecular complexity index is 666. The van der Waals surface area contributed by atoms with E-state index < -0.39 is 18.2 Å². The van der Waals surface area contributed by atoms with E-state index in [-0.39, 0.29) is 29.3 Å². The normalized spacial score (nSPS) is 41.1. The van der Waals surface area contributed by atoms with Crippen LogP contribution in [-0.4, -0.2) is 29.4 Å². The van der Waals surface area contributed by atoms with E-state index in [9.17, 15) is 14.7 Å². The predicted octanol–water partition coefficient (Wildman–Crippen LogP) is 6.05. The van der Waals surface area contributed by atoms with Crippen molar-refractivity contribution in [1.82, 2.24) is 0 Å². The van der Waals surface area contributed by atoms with Crippen molar-refractivity contribution in [1.29, 1.82) is 0 Å². The monoisotopic (exact) mass is 420 g/mol. The molecule has 1 N–H and O–H groups in total. The molecule has 0 saturated heterocycles. The molecule has 4 fully saturated rings. The van der Waals surface area contributed by atoms with E-state index in [0.29, 0.717) is 11.8 Å². The predicted molar refractivity (Wildman–Crippen MR) is 114 cm³/mol. The van der Waals surface area contributed by atoms with Crippen LogP contribution in [-0.2, 0) is 14.3 Å². The Balaban J connectivity index is 1.50. The van der Waals surface area contributed by atoms with Gasteiger partial charge >= 0.3 is 12.1 Å². The van der Waals surface area contributed by atoms with Gasteiger partial charge in [-0.25, -0.2) is 4.79 Å². The van der Waals surface area contributed by atoms with Crippen molar-refractivity contribution < 1.29 is 24.2 Å². The molecule has 4 rings (SSSR count). The number of carbonyl (C=O) groups excluding carboxylic acids is 1. The Labute approximate surface area is 181 Å². The number of aliphatic carboxylic acids is 1. The zero-order chi connectivity index (χ0) is 21.7. The molecule has 4 saturated carbocycles. The second-order valence-corrected chi connectivity index (χ2v) is 11.5. The summed E-state index contributed by atoms with van der Waals surface area (Å²) in [6.07, 6.45) is 8.36. The highest BCUT2D eigenvalue weighted by atomic mass is 16.7. The van der Waals surface area contributed by atoms with Crippen molar-refractivity contribution in [3.8, 4) is 0 Å². The lowest BCUT2D eigenvalue weighted by molar-refractivity contribution is -0.141. The fraction of sp³-hybridized carbons (Fsp3) is 0.920. The first-order valence-electron chi connectivity index (χ1n) is 12.2. The van der Waals surface area contributed by atoms with Gasteiger partial charge in [-0.2, -0.15) is 0 Å². The van der Waals surface area contributed by atoms with Crippen molar-refractivity contribution >= 4 is 12.1 Å². The van der Waals surface area contributed by atoms with E-state index in [4.69, 9.17) is 9.47 Å². The number of hydrogen-bond donors (Lipinski definition) is 1. The molecular formula is C25H40O5. The standard InChI is InChI=1S/C25H40O5/c1-15-10-11-25-14-19(15)24(3,4)21(25)12-18(16(25)2)20(13-22(26)27)30-23(28)29-17-8-6-5-7-9-17/h15-21H,5-14H2,1-4H3,(H,26,27)/t15-,16-,18?,19-,20?,21+,25+/m1/s1. The summed E-state index contributed by atoms with van der Waals surface area (Å²) in [4.78, 5) is 24.2. The lowest BCUT2D eigenvalue weighted by Crippen LogP contribution is -2.38. The highest BCUT2D eigenvalue weighted by molar-refractivity contribution is 5.68. The van der Waals surface area contributed by atoms with Crippen LogP contribution in [0.4, 0.5) is 4.79 Å². The van der Waals surface area contributed by atoms with Crippen molar-refractivity contribution in [3.63, 3.8) is 0 Å². The second kappa shape index (κ2) is 8.02. The smallest absolute Gasteiger partial charge is 0.481 e. The molecule has 0 aromatic rings. The Kier molecular flexibility index (Phi) is 5.87. The molecule has 0 aromatic carbocycles. The van der Waals surface area contributed by atoms with Crippen LogP contribution in [0.1, 0.15) is 91.9 Å². The molecule has 7 atom stereocenters. The third-order valence-corrected chi connectivity index (χ3v) is 9.87. The van der Waals surface area contributed by atoms with Gasteiger partial charge in [0, 0.05) is 5.92 Å². The molecule has 2 bridgehead atoms. The van der Waals surface area contributed by atoms with Crippen molar-refractivity contribution in [3.05, 3.63) is 0 Å². The van der Waals surface area contributed by atoms with E-state index >= 15 is 0 Å². The van der Waals surface area contributed by atoms with Crippen LogP contribution in [0.3, 0.4) is 0 Å². The number of carbonyl (C=O) groups is 2. The largest absolute Gasteiger partial charge is 0.508 e. The van der Waals surface area contributed by atoms with Gasteiger partial charge in [-0.05, 0) is 85.9 Å². The van der Waals surface area contributed by atoms with Crippen LogP contribution in [0, 0.1) is 40.4 Å². The first-order valence-corrected chi connectivity index (χ1v) is 12.2. The number of carboxylic acid groups (broad SMARTS) is 1. The minimum atomic E-state index is -0.901. The van der Waals surface area contributed by atoms with E-state index in [1.54, 1.807) is 0 Å². The van der Waals surface area contributed by atoms with Crippen LogP contribution >= 0.6 is 0 Å². The summed E-state index contributed by atoms with van der Waals surface area (Å²) in [7, 11) is 0. The van der Waals surface area contributed by atoms with Gasteiger partial charge in [0.05, 0.1) is 6.42 Å². The molecule has 4 aliphatic rings. The number of ether oxygens (including phenoxy) is 2. The lowest BCUT2D eigenvalue weighted by Gasteiger charge is -2.41. The first kappa shape index (κ1) is 22.0. The van der Waals surface area contributed by atoms with E-state index in [0.717, 1.165) is 43.9 Å². The molecule has 30 heavy (non-hydrogen) atoms. The van der Waals surface area contributed by atoms with Gasteiger partial charge in [-0.15, -0.1) is 0 Å². The van der Waals surface area contributed by atoms with Crippen molar-refractivity contribution in [2.24, 2.45) is 40.4 Å². The van der Waals surface area contributed by atoms with Crippen molar-refractivity contribution in [2.75, 3.05) is 0 Å². The quantitative estimate of drug-likeness (QED) is 0.548. The lowest BCUT2D eigenvalue weighted by atomic mass is 9.64. The second-order valence-electron chi connectivity index (χ2n) is 11.5. The van der Waals surface area contributed by atoms with Gasteiger partial charge in [-0.3, -0.25) is 4.79 Å². The average molecular weight is 421 g/mol. The summed E-state index contributed by atoms with van der Waals surface area (Å²) in [6.45, 7) is 9.54. The number of hydrogen-bond acceptors (Lipinski definition) is 4. The highest BCUT2D eigenvalue weighted by Crippen LogP contribution is 2.74. The molecular weight excluding hydrogens is 380 g/mol. The molecule has 5 heteroatoms. The van der Waals surface area contributed by atoms with Gasteiger partial charge in [0.25, 0.3) is 0 Å². The Morgan fingerprint density at radius 3 is 2.47 bits per heavy atom. The zero-order valence-corrected chi connectivity index (χ0v) is 19.2. The van der Waals surface area contributed by atoms with Crippen LogP contribution in [0.25, 0.3) is 0 Å². The topological polar surface area (TPSA) is 72.8 Å². The zero-order valence-electron chi connectivity index (χ0n) is 19.2. The molecule has 170 valence electrons. The summed E-state index contributed by atoms with van der Waals surface area (Å²) in [5.74, 6) is 1.65. The molecule has 2 unspecified atom stereocenters. The molecule has 5 nitrogen and oxygen atoms in total. The Morgan fingerprint density at radius 2 is 1.80 bits per heavy atom. The van der Waals surface area contributed by atoms with E-state index in [1.807, 2.05) is 0 Å². The molecule has 0 amide bonds. The average Bonchev–Trinajstić information content (AvgIpc) is 3.06. The maximum Gasteiger partial charge on any atom is 0.508 e. The maximum atomic E-state index is 12.6. The summed E-state index contributed by atoms with van der Waals surface area (Å²) in [6, 6.07) is 0. The van der Waals surface area contributed by atoms with E-state index in [1.165, 1.54) is 25.7 Å². The van der Waals surface area contributed by atoms with Crippen LogP contribution in [0.15, 0.2) is 0 Å². The van der Waals surface area contributed by atoms with Gasteiger partial charge in [0.2, 0.25) is 0 Å². The molecule has 4 aliphatic carbocycles. The minimum Gasteiger partial charge on any atom is -0.481 e. The molecule has 0 heterocycles. The SMILES string of the molecule is C[C@@H]1CC[C@@]23C[C@H]1C(C)(C)[C@@H]2CC(C(CC(=O)O)OC(=O)OC1CCCCC1)[C@H]3C. The van der Waals surface area contributed by atoms with Gasteiger partial charge in [0.1, 0.15) is 12.2 Å². The maximum absolute atomic E-state index is 12.6. The van der Waals surface area contributed by atoms with E-state index in [2.05, 4.69) is 27.7 Å². The molecule has 0 radical (unpaired) electrons. The summed E-state index contributed by atoms with van der Waals surface area (Å²) >= 11 is 0. The Hall–Kier alpha value is -1.26. The van der Waals surface area contributed by atoms with Crippen LogP contribution in [0.2, 0.25) is 0 Å². The summed E-state index contributed by atoms with van der Waals surface area (Å²) in [5, 5.41) is 9.55. The highest BCUT2D eigenvalue weighted by Gasteiger charge is 2.67. The number of carboxylic acids is 1. The first-order chi connectivity index (χ1) is 14.1. The van der Waals surface area contributed by atoms with Crippen molar-refractivity contribution in [2.45, 2.75) is 104 Å². The third kappa shape index (κ3) is 3.64. The van der Waals surface area contributed by atoms with Crippen LogP contribution < -0.4 is 0 Å². The number of rotatable bonds is 5. The fourth-order valence-corrected chi connectivity index (χ4v) is 8.29. The summed E-state index contributed by atoms with van der Waals surface area (Å²) in [5.41, 5.74) is 0.536. The van der Waals surface area contributed by atoms with Gasteiger partial charge in [0.15, 0.2) is 0 Å². The fourth-order valence-electron chi connectivity index (χ4n) is 8.29. The minimum absolute atomic E-state index is 0.0739. The number of fused-ring (bicyclic) bond motifs is 1. The molecule has 0 aliphatic heterocycles. The van der Waals surface area contributed by atoms with Gasteiger partial charge in [-0.1, -0.05) is 34.1 Å². The van der Waals surface area contributed by atoms with Gasteiger partial charge < -0.3 is 14.6 Å². The van der Waals surface area contributed by atoms with Crippen LogP contribution in [0.5, 0.6) is 0 Å². The third-order valence-electron chi connectivity index (χ3n) is 9.87. The molecule has 0 aromatic heterocycles. The Morgan fingerprint density at radius 1 is 1.10 bits per heavy atom. The molecule has 1 spiro atoms.